The average Bonchev–Trinajstić information content (AvgIpc) is 3.24. The molecule has 6 nitrogen and oxygen atoms in total. The number of likely N-dealkylation sites (tertiary alicyclic amines) is 1. The number of hydrogen-bond acceptors (Lipinski definition) is 5. The van der Waals surface area contributed by atoms with Crippen molar-refractivity contribution < 1.29 is 4.74 Å². The number of hydrogen-bond donors (Lipinski definition) is 2. The van der Waals surface area contributed by atoms with E-state index in [-0.39, 0.29) is 24.0 Å². The van der Waals surface area contributed by atoms with E-state index in [1.54, 1.807) is 0 Å². The SMILES string of the molecule is CCNC(=NCC1CCN(Cc2cccs2)CC1)NCCCN1CCOCC1.I. The van der Waals surface area contributed by atoms with Gasteiger partial charge in [-0.2, -0.15) is 0 Å². The van der Waals surface area contributed by atoms with Gasteiger partial charge in [-0.3, -0.25) is 14.8 Å². The lowest BCUT2D eigenvalue weighted by molar-refractivity contribution is 0.0376. The van der Waals surface area contributed by atoms with E-state index in [2.05, 4.69) is 44.9 Å². The molecule has 1 aromatic heterocycles. The highest BCUT2D eigenvalue weighted by atomic mass is 127. The first-order valence-corrected chi connectivity index (χ1v) is 11.8. The molecule has 1 aromatic rings. The van der Waals surface area contributed by atoms with Gasteiger partial charge in [-0.25, -0.2) is 0 Å². The van der Waals surface area contributed by atoms with Crippen LogP contribution in [0.4, 0.5) is 0 Å². The van der Waals surface area contributed by atoms with Crippen molar-refractivity contribution in [2.24, 2.45) is 10.9 Å². The quantitative estimate of drug-likeness (QED) is 0.221. The molecule has 0 bridgehead atoms. The molecule has 0 aliphatic carbocycles. The highest BCUT2D eigenvalue weighted by molar-refractivity contribution is 14.0. The van der Waals surface area contributed by atoms with Crippen LogP contribution in [0.5, 0.6) is 0 Å². The summed E-state index contributed by atoms with van der Waals surface area (Å²) in [6, 6.07) is 4.39. The molecule has 2 N–H and O–H groups in total. The molecule has 3 heterocycles. The van der Waals surface area contributed by atoms with Gasteiger partial charge >= 0.3 is 0 Å². The summed E-state index contributed by atoms with van der Waals surface area (Å²) in [4.78, 5) is 11.4. The van der Waals surface area contributed by atoms with Crippen molar-refractivity contribution >= 4 is 41.3 Å². The predicted octanol–water partition coefficient (Wildman–Crippen LogP) is 2.86. The average molecular weight is 536 g/mol. The maximum Gasteiger partial charge on any atom is 0.191 e. The van der Waals surface area contributed by atoms with Crippen LogP contribution < -0.4 is 10.6 Å². The fourth-order valence-corrected chi connectivity index (χ4v) is 4.59. The summed E-state index contributed by atoms with van der Waals surface area (Å²) in [7, 11) is 0. The third kappa shape index (κ3) is 9.50. The fraction of sp³-hybridized carbons (Fsp3) is 0.762. The number of piperidine rings is 1. The number of morpholine rings is 1. The summed E-state index contributed by atoms with van der Waals surface area (Å²) in [5.41, 5.74) is 0. The smallest absolute Gasteiger partial charge is 0.191 e. The van der Waals surface area contributed by atoms with E-state index in [1.165, 1.54) is 30.8 Å². The Morgan fingerprint density at radius 1 is 1.17 bits per heavy atom. The Bertz CT molecular complexity index is 557. The van der Waals surface area contributed by atoms with Crippen LogP contribution in [0.2, 0.25) is 0 Å². The summed E-state index contributed by atoms with van der Waals surface area (Å²) < 4.78 is 5.41. The van der Waals surface area contributed by atoms with E-state index in [1.807, 2.05) is 11.3 Å². The van der Waals surface area contributed by atoms with Gasteiger partial charge in [-0.1, -0.05) is 6.07 Å². The Labute approximate surface area is 197 Å². The summed E-state index contributed by atoms with van der Waals surface area (Å²) in [5, 5.41) is 9.08. The fourth-order valence-electron chi connectivity index (χ4n) is 3.85. The molecule has 0 radical (unpaired) electrons. The van der Waals surface area contributed by atoms with Gasteiger partial charge < -0.3 is 15.4 Å². The van der Waals surface area contributed by atoms with Crippen LogP contribution in [0.3, 0.4) is 0 Å². The molecular weight excluding hydrogens is 497 g/mol. The van der Waals surface area contributed by atoms with Crippen molar-refractivity contribution in [3.8, 4) is 0 Å². The topological polar surface area (TPSA) is 52.1 Å². The molecule has 2 saturated heterocycles. The lowest BCUT2D eigenvalue weighted by atomic mass is 9.97. The van der Waals surface area contributed by atoms with Crippen LogP contribution >= 0.6 is 35.3 Å². The number of halogens is 1. The lowest BCUT2D eigenvalue weighted by Crippen LogP contribution is -2.41. The highest BCUT2D eigenvalue weighted by Gasteiger charge is 2.19. The molecule has 0 unspecified atom stereocenters. The van der Waals surface area contributed by atoms with Gasteiger partial charge in [0.25, 0.3) is 0 Å². The zero-order valence-corrected chi connectivity index (χ0v) is 20.9. The molecule has 2 aliphatic heterocycles. The summed E-state index contributed by atoms with van der Waals surface area (Å²) >= 11 is 1.87. The first-order chi connectivity index (χ1) is 13.8. The Hall–Kier alpha value is -0.420. The number of nitrogens with zero attached hydrogens (tertiary/aromatic N) is 3. The normalized spacial score (nSPS) is 19.7. The second-order valence-electron chi connectivity index (χ2n) is 7.75. The monoisotopic (exact) mass is 535 g/mol. The van der Waals surface area contributed by atoms with Gasteiger partial charge in [0, 0.05) is 44.1 Å². The molecule has 3 rings (SSSR count). The van der Waals surface area contributed by atoms with Crippen molar-refractivity contribution in [2.45, 2.75) is 32.7 Å². The van der Waals surface area contributed by atoms with Gasteiger partial charge in [0.15, 0.2) is 5.96 Å². The molecule has 0 saturated carbocycles. The molecule has 0 amide bonds. The van der Waals surface area contributed by atoms with Crippen LogP contribution in [0.15, 0.2) is 22.5 Å². The van der Waals surface area contributed by atoms with E-state index in [9.17, 15) is 0 Å². The third-order valence-corrected chi connectivity index (χ3v) is 6.43. The summed E-state index contributed by atoms with van der Waals surface area (Å²) in [6.07, 6.45) is 3.65. The predicted molar refractivity (Wildman–Crippen MR) is 134 cm³/mol. The highest BCUT2D eigenvalue weighted by Crippen LogP contribution is 2.20. The minimum absolute atomic E-state index is 0. The molecule has 0 spiro atoms. The van der Waals surface area contributed by atoms with Crippen LogP contribution in [0, 0.1) is 5.92 Å². The van der Waals surface area contributed by atoms with Gasteiger partial charge in [0.2, 0.25) is 0 Å². The van der Waals surface area contributed by atoms with Crippen molar-refractivity contribution in [3.05, 3.63) is 22.4 Å². The number of rotatable bonds is 9. The molecule has 0 aromatic carbocycles. The molecule has 166 valence electrons. The van der Waals surface area contributed by atoms with Crippen LogP contribution in [0.1, 0.15) is 31.1 Å². The maximum absolute atomic E-state index is 5.41. The number of thiophene rings is 1. The molecular formula is C21H38IN5OS. The molecule has 8 heteroatoms. The minimum atomic E-state index is 0. The van der Waals surface area contributed by atoms with E-state index in [0.717, 1.165) is 71.4 Å². The van der Waals surface area contributed by atoms with E-state index in [0.29, 0.717) is 5.92 Å². The maximum atomic E-state index is 5.41. The van der Waals surface area contributed by atoms with E-state index in [4.69, 9.17) is 9.73 Å². The molecule has 0 atom stereocenters. The number of nitrogens with one attached hydrogen (secondary N) is 2. The van der Waals surface area contributed by atoms with Gasteiger partial charge in [0.05, 0.1) is 13.2 Å². The third-order valence-electron chi connectivity index (χ3n) is 5.57. The van der Waals surface area contributed by atoms with Crippen molar-refractivity contribution in [2.75, 3.05) is 65.6 Å². The van der Waals surface area contributed by atoms with Crippen LogP contribution in [-0.4, -0.2) is 81.3 Å². The number of guanidine groups is 1. The Morgan fingerprint density at radius 2 is 1.97 bits per heavy atom. The Balaban J connectivity index is 0.00000300. The molecule has 29 heavy (non-hydrogen) atoms. The van der Waals surface area contributed by atoms with Gasteiger partial charge in [0.1, 0.15) is 0 Å². The summed E-state index contributed by atoms with van der Waals surface area (Å²) in [6.45, 7) is 13.5. The standard InChI is InChI=1S/C21H37N5OS.HI/c1-2-22-21(23-8-4-9-25-12-14-27-15-13-25)24-17-19-6-10-26(11-7-19)18-20-5-3-16-28-20;/h3,5,16,19H,2,4,6-15,17-18H2,1H3,(H2,22,23,24);1H. The van der Waals surface area contributed by atoms with Crippen molar-refractivity contribution in [1.82, 2.24) is 20.4 Å². The lowest BCUT2D eigenvalue weighted by Gasteiger charge is -2.31. The minimum Gasteiger partial charge on any atom is -0.379 e. The Morgan fingerprint density at radius 3 is 2.66 bits per heavy atom. The second-order valence-corrected chi connectivity index (χ2v) is 8.79. The van der Waals surface area contributed by atoms with Crippen LogP contribution in [0.25, 0.3) is 0 Å². The van der Waals surface area contributed by atoms with E-state index < -0.39 is 0 Å². The number of aliphatic imine (C=N–C) groups is 1. The Kier molecular flexibility index (Phi) is 12.5. The van der Waals surface area contributed by atoms with Crippen molar-refractivity contribution in [3.63, 3.8) is 0 Å². The van der Waals surface area contributed by atoms with Crippen molar-refractivity contribution in [1.29, 1.82) is 0 Å². The van der Waals surface area contributed by atoms with Crippen LogP contribution in [-0.2, 0) is 11.3 Å². The molecule has 2 aliphatic rings. The van der Waals surface area contributed by atoms with Gasteiger partial charge in [-0.15, -0.1) is 35.3 Å². The number of ether oxygens (including phenoxy) is 1. The first kappa shape index (κ1) is 24.8. The zero-order chi connectivity index (χ0) is 19.4. The zero-order valence-electron chi connectivity index (χ0n) is 17.8. The largest absolute Gasteiger partial charge is 0.379 e. The van der Waals surface area contributed by atoms with Gasteiger partial charge in [-0.05, 0) is 63.2 Å². The molecule has 2 fully saturated rings. The first-order valence-electron chi connectivity index (χ1n) is 10.9. The summed E-state index contributed by atoms with van der Waals surface area (Å²) in [5.74, 6) is 1.69. The van der Waals surface area contributed by atoms with E-state index >= 15 is 0 Å². The second kappa shape index (κ2) is 14.6.